The van der Waals surface area contributed by atoms with Crippen molar-refractivity contribution in [1.82, 2.24) is 5.32 Å². The molecule has 1 saturated heterocycles. The van der Waals surface area contributed by atoms with Crippen LogP contribution in [0.4, 0.5) is 0 Å². The lowest BCUT2D eigenvalue weighted by Gasteiger charge is -2.19. The van der Waals surface area contributed by atoms with E-state index in [4.69, 9.17) is 5.73 Å². The molecule has 2 nitrogen and oxygen atoms in total. The molecule has 82 valence electrons. The summed E-state index contributed by atoms with van der Waals surface area (Å²) in [7, 11) is 0. The van der Waals surface area contributed by atoms with Gasteiger partial charge in [-0.25, -0.2) is 0 Å². The van der Waals surface area contributed by atoms with Gasteiger partial charge in [0.2, 0.25) is 0 Å². The quantitative estimate of drug-likeness (QED) is 0.788. The van der Waals surface area contributed by atoms with Crippen molar-refractivity contribution in [3.63, 3.8) is 0 Å². The Bertz CT molecular complexity index is 316. The van der Waals surface area contributed by atoms with E-state index in [2.05, 4.69) is 36.5 Å². The minimum Gasteiger partial charge on any atom is -0.326 e. The third-order valence-electron chi connectivity index (χ3n) is 3.52. The van der Waals surface area contributed by atoms with Gasteiger partial charge in [-0.3, -0.25) is 0 Å². The van der Waals surface area contributed by atoms with E-state index in [1.54, 1.807) is 0 Å². The summed E-state index contributed by atoms with van der Waals surface area (Å²) < 4.78 is 0. The molecule has 0 amide bonds. The van der Waals surface area contributed by atoms with Crippen molar-refractivity contribution >= 4 is 0 Å². The number of nitrogens with one attached hydrogen (secondary N) is 1. The van der Waals surface area contributed by atoms with Crippen molar-refractivity contribution in [2.24, 2.45) is 11.7 Å². The summed E-state index contributed by atoms with van der Waals surface area (Å²) in [6, 6.07) is 8.70. The molecule has 0 spiro atoms. The first-order valence-corrected chi connectivity index (χ1v) is 5.81. The first-order valence-electron chi connectivity index (χ1n) is 5.81. The zero-order chi connectivity index (χ0) is 10.7. The molecular formula is C13H20N2. The summed E-state index contributed by atoms with van der Waals surface area (Å²) in [5.41, 5.74) is 8.34. The normalized spacial score (nSPS) is 22.9. The third kappa shape index (κ3) is 2.39. The largest absolute Gasteiger partial charge is 0.326 e. The highest BCUT2D eigenvalue weighted by atomic mass is 14.9. The minimum absolute atomic E-state index is 0.642. The molecule has 1 fully saturated rings. The molecule has 0 saturated carbocycles. The molecule has 1 aromatic carbocycles. The fraction of sp³-hybridized carbons (Fsp3) is 0.538. The maximum atomic E-state index is 5.66. The highest BCUT2D eigenvalue weighted by molar-refractivity contribution is 5.26. The Morgan fingerprint density at radius 3 is 3.07 bits per heavy atom. The Kier molecular flexibility index (Phi) is 3.39. The van der Waals surface area contributed by atoms with Gasteiger partial charge in [0.1, 0.15) is 0 Å². The van der Waals surface area contributed by atoms with E-state index in [1.165, 1.54) is 24.1 Å². The Morgan fingerprint density at radius 1 is 1.53 bits per heavy atom. The van der Waals surface area contributed by atoms with Crippen LogP contribution in [0.1, 0.15) is 30.4 Å². The van der Waals surface area contributed by atoms with Crippen LogP contribution >= 0.6 is 0 Å². The molecule has 1 aliphatic rings. The average molecular weight is 204 g/mol. The Morgan fingerprint density at radius 2 is 2.40 bits per heavy atom. The topological polar surface area (TPSA) is 38.0 Å². The predicted molar refractivity (Wildman–Crippen MR) is 63.7 cm³/mol. The summed E-state index contributed by atoms with van der Waals surface area (Å²) in [6.07, 6.45) is 1.30. The molecule has 0 aliphatic carbocycles. The smallest absolute Gasteiger partial charge is 0.0178 e. The molecule has 2 rings (SSSR count). The zero-order valence-corrected chi connectivity index (χ0v) is 9.37. The van der Waals surface area contributed by atoms with Crippen LogP contribution in [0, 0.1) is 5.92 Å². The van der Waals surface area contributed by atoms with Gasteiger partial charge in [-0.05, 0) is 42.5 Å². The van der Waals surface area contributed by atoms with Crippen molar-refractivity contribution in [2.75, 3.05) is 13.1 Å². The van der Waals surface area contributed by atoms with Crippen molar-refractivity contribution in [3.05, 3.63) is 35.4 Å². The molecule has 0 radical (unpaired) electrons. The summed E-state index contributed by atoms with van der Waals surface area (Å²) >= 11 is 0. The van der Waals surface area contributed by atoms with E-state index in [1.807, 2.05) is 0 Å². The molecule has 15 heavy (non-hydrogen) atoms. The van der Waals surface area contributed by atoms with Crippen LogP contribution in [0.2, 0.25) is 0 Å². The molecule has 0 bridgehead atoms. The van der Waals surface area contributed by atoms with E-state index >= 15 is 0 Å². The van der Waals surface area contributed by atoms with Crippen LogP contribution < -0.4 is 11.1 Å². The molecule has 1 heterocycles. The summed E-state index contributed by atoms with van der Waals surface area (Å²) in [5, 5.41) is 3.43. The summed E-state index contributed by atoms with van der Waals surface area (Å²) in [6.45, 7) is 5.30. The van der Waals surface area contributed by atoms with E-state index < -0.39 is 0 Å². The maximum Gasteiger partial charge on any atom is 0.0178 e. The van der Waals surface area contributed by atoms with E-state index in [0.29, 0.717) is 12.5 Å². The van der Waals surface area contributed by atoms with Gasteiger partial charge in [-0.1, -0.05) is 31.2 Å². The first-order chi connectivity index (χ1) is 7.31. The van der Waals surface area contributed by atoms with Gasteiger partial charge in [0, 0.05) is 6.54 Å². The fourth-order valence-electron chi connectivity index (χ4n) is 2.38. The number of rotatable bonds is 3. The average Bonchev–Trinajstić information content (AvgIpc) is 2.81. The van der Waals surface area contributed by atoms with Crippen LogP contribution in [0.15, 0.2) is 24.3 Å². The molecule has 2 unspecified atom stereocenters. The summed E-state index contributed by atoms with van der Waals surface area (Å²) in [5.74, 6) is 1.43. The first kappa shape index (κ1) is 10.7. The van der Waals surface area contributed by atoms with Crippen molar-refractivity contribution in [3.8, 4) is 0 Å². The number of nitrogens with two attached hydrogens (primary N) is 1. The van der Waals surface area contributed by atoms with E-state index in [0.717, 1.165) is 12.5 Å². The van der Waals surface area contributed by atoms with Gasteiger partial charge in [-0.2, -0.15) is 0 Å². The molecular weight excluding hydrogens is 184 g/mol. The zero-order valence-electron chi connectivity index (χ0n) is 9.37. The lowest BCUT2D eigenvalue weighted by Crippen LogP contribution is -2.14. The van der Waals surface area contributed by atoms with Gasteiger partial charge in [0.05, 0.1) is 0 Å². The monoisotopic (exact) mass is 204 g/mol. The highest BCUT2D eigenvalue weighted by Crippen LogP contribution is 2.28. The molecule has 2 atom stereocenters. The Hall–Kier alpha value is -0.860. The Balaban J connectivity index is 2.13. The molecule has 2 heteroatoms. The van der Waals surface area contributed by atoms with Gasteiger partial charge < -0.3 is 11.1 Å². The van der Waals surface area contributed by atoms with Gasteiger partial charge >= 0.3 is 0 Å². The van der Waals surface area contributed by atoms with Crippen LogP contribution in [0.3, 0.4) is 0 Å². The minimum atomic E-state index is 0.642. The number of hydrogen-bond donors (Lipinski definition) is 2. The molecule has 3 N–H and O–H groups in total. The summed E-state index contributed by atoms with van der Waals surface area (Å²) in [4.78, 5) is 0. The molecule has 0 aromatic heterocycles. The highest BCUT2D eigenvalue weighted by Gasteiger charge is 2.22. The van der Waals surface area contributed by atoms with Gasteiger partial charge in [0.15, 0.2) is 0 Å². The van der Waals surface area contributed by atoms with Gasteiger partial charge in [-0.15, -0.1) is 0 Å². The Labute approximate surface area is 91.9 Å². The second-order valence-electron chi connectivity index (χ2n) is 4.49. The molecule has 1 aromatic rings. The fourth-order valence-corrected chi connectivity index (χ4v) is 2.38. The maximum absolute atomic E-state index is 5.66. The number of hydrogen-bond acceptors (Lipinski definition) is 2. The van der Waals surface area contributed by atoms with E-state index in [-0.39, 0.29) is 0 Å². The van der Waals surface area contributed by atoms with Crippen LogP contribution in [-0.4, -0.2) is 13.1 Å². The van der Waals surface area contributed by atoms with Crippen molar-refractivity contribution in [2.45, 2.75) is 25.8 Å². The SMILES string of the molecule is CC(c1cccc(CN)c1)C1CCNC1. The second kappa shape index (κ2) is 4.77. The standard InChI is InChI=1S/C13H20N2/c1-10(13-5-6-15-9-13)12-4-2-3-11(7-12)8-14/h2-4,7,10,13,15H,5-6,8-9,14H2,1H3. The third-order valence-corrected chi connectivity index (χ3v) is 3.52. The lowest BCUT2D eigenvalue weighted by molar-refractivity contribution is 0.487. The second-order valence-corrected chi connectivity index (χ2v) is 4.49. The predicted octanol–water partition coefficient (Wildman–Crippen LogP) is 1.86. The van der Waals surface area contributed by atoms with Gasteiger partial charge in [0.25, 0.3) is 0 Å². The van der Waals surface area contributed by atoms with E-state index in [9.17, 15) is 0 Å². The number of benzene rings is 1. The van der Waals surface area contributed by atoms with Crippen LogP contribution in [0.25, 0.3) is 0 Å². The van der Waals surface area contributed by atoms with Crippen molar-refractivity contribution in [1.29, 1.82) is 0 Å². The lowest BCUT2D eigenvalue weighted by atomic mass is 9.86. The van der Waals surface area contributed by atoms with Crippen LogP contribution in [0.5, 0.6) is 0 Å². The van der Waals surface area contributed by atoms with Crippen LogP contribution in [-0.2, 0) is 6.54 Å². The van der Waals surface area contributed by atoms with Crippen molar-refractivity contribution < 1.29 is 0 Å². The molecule has 1 aliphatic heterocycles.